The number of hydrogen-bond donors (Lipinski definition) is 1. The van der Waals surface area contributed by atoms with Crippen LogP contribution in [0.4, 0.5) is 0 Å². The zero-order valence-electron chi connectivity index (χ0n) is 11.2. The Labute approximate surface area is 120 Å². The maximum atomic E-state index is 11.0. The van der Waals surface area contributed by atoms with Crippen molar-refractivity contribution in [3.8, 4) is 11.5 Å². The summed E-state index contributed by atoms with van der Waals surface area (Å²) in [5.74, 6) is 0.246. The van der Waals surface area contributed by atoms with E-state index in [1.807, 2.05) is 0 Å². The molecule has 3 atom stereocenters. The number of nitrogens with zero attached hydrogens (tertiary/aromatic N) is 2. The van der Waals surface area contributed by atoms with Crippen LogP contribution in [0.3, 0.4) is 0 Å². The second-order valence-corrected chi connectivity index (χ2v) is 5.56. The predicted molar refractivity (Wildman–Crippen MR) is 71.9 cm³/mol. The average Bonchev–Trinajstić information content (AvgIpc) is 3.23. The molecule has 1 aromatic carbocycles. The predicted octanol–water partition coefficient (Wildman–Crippen LogP) is 2.47. The molecule has 4 rings (SSSR count). The lowest BCUT2D eigenvalue weighted by molar-refractivity contribution is 0.0697. The number of hydrogen-bond acceptors (Lipinski definition) is 5. The van der Waals surface area contributed by atoms with Gasteiger partial charge in [0.15, 0.2) is 5.82 Å². The van der Waals surface area contributed by atoms with Crippen LogP contribution in [0.1, 0.15) is 41.4 Å². The Bertz CT molecular complexity index is 696. The largest absolute Gasteiger partial charge is 0.478 e. The molecule has 108 valence electrons. The van der Waals surface area contributed by atoms with Crippen LogP contribution >= 0.6 is 0 Å². The Balaban J connectivity index is 1.62. The van der Waals surface area contributed by atoms with Gasteiger partial charge in [-0.2, -0.15) is 4.98 Å². The first-order chi connectivity index (χ1) is 10.2. The summed E-state index contributed by atoms with van der Waals surface area (Å²) in [6, 6.07) is 6.51. The molecule has 0 amide bonds. The van der Waals surface area contributed by atoms with Gasteiger partial charge in [-0.25, -0.2) is 4.79 Å². The van der Waals surface area contributed by atoms with E-state index in [2.05, 4.69) is 10.1 Å². The second-order valence-electron chi connectivity index (χ2n) is 5.56. The molecule has 0 aliphatic carbocycles. The fourth-order valence-electron chi connectivity index (χ4n) is 3.20. The number of fused-ring (bicyclic) bond motifs is 2. The summed E-state index contributed by atoms with van der Waals surface area (Å²) in [6.45, 7) is 0. The number of carbonyl (C=O) groups is 1. The summed E-state index contributed by atoms with van der Waals surface area (Å²) in [5.41, 5.74) is 0.827. The minimum Gasteiger partial charge on any atom is -0.478 e. The van der Waals surface area contributed by atoms with Crippen molar-refractivity contribution < 1.29 is 19.2 Å². The number of carboxylic acids is 1. The number of ether oxygens (including phenoxy) is 1. The van der Waals surface area contributed by atoms with Gasteiger partial charge in [-0.15, -0.1) is 0 Å². The Kier molecular flexibility index (Phi) is 2.78. The third-order valence-electron chi connectivity index (χ3n) is 4.24. The summed E-state index contributed by atoms with van der Waals surface area (Å²) in [7, 11) is 0. The smallest absolute Gasteiger partial charge is 0.335 e. The Hall–Kier alpha value is -2.21. The van der Waals surface area contributed by atoms with Crippen LogP contribution in [0.15, 0.2) is 28.8 Å². The van der Waals surface area contributed by atoms with Gasteiger partial charge in [-0.1, -0.05) is 11.2 Å². The summed E-state index contributed by atoms with van der Waals surface area (Å²) in [4.78, 5) is 15.4. The monoisotopic (exact) mass is 286 g/mol. The quantitative estimate of drug-likeness (QED) is 0.932. The van der Waals surface area contributed by atoms with Crippen LogP contribution in [0.25, 0.3) is 11.5 Å². The van der Waals surface area contributed by atoms with Gasteiger partial charge in [0.1, 0.15) is 0 Å². The standard InChI is InChI=1S/C15H14N2O4/c18-15(19)9-3-1-2-8(6-9)14-16-13(17-21-14)11-7-10-4-5-12(11)20-10/h1-3,6,10-12H,4-5,7H2,(H,18,19). The number of benzene rings is 1. The highest BCUT2D eigenvalue weighted by Gasteiger charge is 2.43. The number of carboxylic acid groups (broad SMARTS) is 1. The summed E-state index contributed by atoms with van der Waals surface area (Å²) >= 11 is 0. The van der Waals surface area contributed by atoms with E-state index in [1.54, 1.807) is 12.1 Å². The van der Waals surface area contributed by atoms with Crippen molar-refractivity contribution >= 4 is 5.97 Å². The van der Waals surface area contributed by atoms with Gasteiger partial charge in [-0.05, 0) is 37.5 Å². The number of aromatic nitrogens is 2. The molecular weight excluding hydrogens is 272 g/mol. The molecule has 21 heavy (non-hydrogen) atoms. The fraction of sp³-hybridized carbons (Fsp3) is 0.400. The molecule has 1 aromatic heterocycles. The first-order valence-electron chi connectivity index (χ1n) is 7.03. The molecule has 6 nitrogen and oxygen atoms in total. The molecule has 1 N–H and O–H groups in total. The first-order valence-corrected chi connectivity index (χ1v) is 7.03. The lowest BCUT2D eigenvalue weighted by Gasteiger charge is -2.13. The van der Waals surface area contributed by atoms with E-state index in [1.165, 1.54) is 12.1 Å². The number of rotatable bonds is 3. The van der Waals surface area contributed by atoms with Gasteiger partial charge in [0.25, 0.3) is 5.89 Å². The SMILES string of the molecule is O=C(O)c1cccc(-c2nc(C3CC4CCC3O4)no2)c1. The first kappa shape index (κ1) is 12.5. The molecule has 0 radical (unpaired) electrons. The highest BCUT2D eigenvalue weighted by Crippen LogP contribution is 2.43. The van der Waals surface area contributed by atoms with Crippen molar-refractivity contribution in [1.29, 1.82) is 0 Å². The lowest BCUT2D eigenvalue weighted by Crippen LogP contribution is -2.15. The van der Waals surface area contributed by atoms with Crippen molar-refractivity contribution in [3.63, 3.8) is 0 Å². The van der Waals surface area contributed by atoms with Crippen LogP contribution in [0, 0.1) is 0 Å². The van der Waals surface area contributed by atoms with Crippen molar-refractivity contribution in [2.24, 2.45) is 0 Å². The molecule has 2 saturated heterocycles. The molecule has 2 aliphatic rings. The van der Waals surface area contributed by atoms with Crippen molar-refractivity contribution in [2.45, 2.75) is 37.4 Å². The average molecular weight is 286 g/mol. The van der Waals surface area contributed by atoms with E-state index in [9.17, 15) is 4.79 Å². The molecule has 0 spiro atoms. The molecule has 2 aliphatic heterocycles. The third-order valence-corrected chi connectivity index (χ3v) is 4.24. The zero-order chi connectivity index (χ0) is 14.4. The zero-order valence-corrected chi connectivity index (χ0v) is 11.2. The summed E-state index contributed by atoms with van der Waals surface area (Å²) in [6.07, 6.45) is 3.64. The van der Waals surface area contributed by atoms with Crippen LogP contribution in [-0.4, -0.2) is 33.4 Å². The lowest BCUT2D eigenvalue weighted by atomic mass is 9.89. The second kappa shape index (κ2) is 4.66. The Morgan fingerprint density at radius 2 is 2.24 bits per heavy atom. The van der Waals surface area contributed by atoms with Gasteiger partial charge < -0.3 is 14.4 Å². The minimum atomic E-state index is -0.974. The maximum Gasteiger partial charge on any atom is 0.335 e. The van der Waals surface area contributed by atoms with Crippen molar-refractivity contribution in [3.05, 3.63) is 35.7 Å². The highest BCUT2D eigenvalue weighted by atomic mass is 16.5. The van der Waals surface area contributed by atoms with E-state index in [0.29, 0.717) is 23.4 Å². The fourth-order valence-corrected chi connectivity index (χ4v) is 3.20. The molecule has 2 bridgehead atoms. The van der Waals surface area contributed by atoms with Crippen LogP contribution in [0.2, 0.25) is 0 Å². The van der Waals surface area contributed by atoms with E-state index < -0.39 is 5.97 Å². The normalized spacial score (nSPS) is 27.1. The van der Waals surface area contributed by atoms with E-state index in [0.717, 1.165) is 19.3 Å². The van der Waals surface area contributed by atoms with Gasteiger partial charge >= 0.3 is 5.97 Å². The topological polar surface area (TPSA) is 85.5 Å². The Morgan fingerprint density at radius 1 is 1.33 bits per heavy atom. The third kappa shape index (κ3) is 2.12. The molecule has 6 heteroatoms. The van der Waals surface area contributed by atoms with Crippen LogP contribution in [0.5, 0.6) is 0 Å². The van der Waals surface area contributed by atoms with Crippen LogP contribution < -0.4 is 0 Å². The van der Waals surface area contributed by atoms with E-state index >= 15 is 0 Å². The van der Waals surface area contributed by atoms with Crippen molar-refractivity contribution in [1.82, 2.24) is 10.1 Å². The molecule has 0 saturated carbocycles. The highest BCUT2D eigenvalue weighted by molar-refractivity contribution is 5.88. The maximum absolute atomic E-state index is 11.0. The summed E-state index contributed by atoms with van der Waals surface area (Å²) < 4.78 is 11.1. The Morgan fingerprint density at radius 3 is 2.95 bits per heavy atom. The molecular formula is C15H14N2O4. The van der Waals surface area contributed by atoms with Gasteiger partial charge in [0.05, 0.1) is 23.7 Å². The van der Waals surface area contributed by atoms with Gasteiger partial charge in [0.2, 0.25) is 0 Å². The minimum absolute atomic E-state index is 0.198. The molecule has 2 aromatic rings. The molecule has 3 unspecified atom stereocenters. The summed E-state index contributed by atoms with van der Waals surface area (Å²) in [5, 5.41) is 13.1. The van der Waals surface area contributed by atoms with E-state index in [4.69, 9.17) is 14.4 Å². The van der Waals surface area contributed by atoms with E-state index in [-0.39, 0.29) is 17.6 Å². The van der Waals surface area contributed by atoms with Gasteiger partial charge in [-0.3, -0.25) is 0 Å². The molecule has 2 fully saturated rings. The molecule has 3 heterocycles. The number of aromatic carboxylic acids is 1. The van der Waals surface area contributed by atoms with Crippen LogP contribution in [-0.2, 0) is 4.74 Å². The van der Waals surface area contributed by atoms with Gasteiger partial charge in [0, 0.05) is 5.56 Å². The van der Waals surface area contributed by atoms with Crippen molar-refractivity contribution in [2.75, 3.05) is 0 Å².